The second-order valence-electron chi connectivity index (χ2n) is 9.97. The van der Waals surface area contributed by atoms with Crippen LogP contribution in [0.5, 0.6) is 0 Å². The van der Waals surface area contributed by atoms with Gasteiger partial charge in [-0.15, -0.1) is 0 Å². The largest absolute Gasteiger partial charge is 0.340 e. The highest BCUT2D eigenvalue weighted by atomic mass is 16.6. The first kappa shape index (κ1) is 30.0. The number of carbonyl (C=O) groups excluding carboxylic acids is 3. The van der Waals surface area contributed by atoms with Crippen LogP contribution in [-0.4, -0.2) is 64.2 Å². The molecule has 204 valence electrons. The molecule has 0 unspecified atom stereocenters. The molecule has 1 aliphatic heterocycles. The highest BCUT2D eigenvalue weighted by molar-refractivity contribution is 5.95. The van der Waals surface area contributed by atoms with Gasteiger partial charge in [0.1, 0.15) is 6.04 Å². The maximum Gasteiger partial charge on any atom is 0.269 e. The summed E-state index contributed by atoms with van der Waals surface area (Å²) in [5.41, 5.74) is 0.623. The molecule has 1 aromatic rings. The van der Waals surface area contributed by atoms with E-state index >= 15 is 0 Å². The van der Waals surface area contributed by atoms with Crippen molar-refractivity contribution in [3.63, 3.8) is 0 Å². The van der Waals surface area contributed by atoms with Crippen molar-refractivity contribution in [1.29, 1.82) is 0 Å². The fourth-order valence-corrected chi connectivity index (χ4v) is 4.63. The van der Waals surface area contributed by atoms with E-state index in [9.17, 15) is 24.5 Å². The highest BCUT2D eigenvalue weighted by Crippen LogP contribution is 2.21. The number of hydrogen-bond acceptors (Lipinski definition) is 5. The maximum absolute atomic E-state index is 13.5. The van der Waals surface area contributed by atoms with Gasteiger partial charge in [-0.3, -0.25) is 24.5 Å². The third kappa shape index (κ3) is 8.40. The number of nitrogens with zero attached hydrogens (tertiary/aromatic N) is 3. The third-order valence-corrected chi connectivity index (χ3v) is 7.28. The van der Waals surface area contributed by atoms with Crippen LogP contribution in [-0.2, 0) is 14.4 Å². The Kier molecular flexibility index (Phi) is 11.8. The molecule has 9 heteroatoms. The minimum atomic E-state index is -0.679. The van der Waals surface area contributed by atoms with Gasteiger partial charge in [-0.25, -0.2) is 0 Å². The van der Waals surface area contributed by atoms with Crippen LogP contribution in [0.2, 0.25) is 0 Å². The van der Waals surface area contributed by atoms with E-state index < -0.39 is 16.9 Å². The lowest BCUT2D eigenvalue weighted by Gasteiger charge is -2.42. The van der Waals surface area contributed by atoms with E-state index in [0.29, 0.717) is 31.6 Å². The quantitative estimate of drug-likeness (QED) is 0.252. The molecule has 1 N–H and O–H groups in total. The molecule has 1 aromatic carbocycles. The average Bonchev–Trinajstić information content (AvgIpc) is 2.90. The predicted molar refractivity (Wildman–Crippen MR) is 145 cm³/mol. The van der Waals surface area contributed by atoms with Crippen molar-refractivity contribution >= 4 is 29.5 Å². The number of hydrogen-bond donors (Lipinski definition) is 1. The van der Waals surface area contributed by atoms with Gasteiger partial charge in [0.25, 0.3) is 5.69 Å². The molecule has 3 amide bonds. The van der Waals surface area contributed by atoms with E-state index in [1.165, 1.54) is 18.2 Å². The van der Waals surface area contributed by atoms with Crippen molar-refractivity contribution in [3.8, 4) is 0 Å². The monoisotopic (exact) mass is 514 g/mol. The fourth-order valence-electron chi connectivity index (χ4n) is 4.63. The Hall–Kier alpha value is -3.23. The van der Waals surface area contributed by atoms with Gasteiger partial charge in [0.2, 0.25) is 17.7 Å². The van der Waals surface area contributed by atoms with Gasteiger partial charge in [-0.1, -0.05) is 47.0 Å². The Morgan fingerprint density at radius 1 is 1.11 bits per heavy atom. The number of rotatable bonds is 12. The molecule has 0 spiro atoms. The van der Waals surface area contributed by atoms with Crippen molar-refractivity contribution in [1.82, 2.24) is 15.1 Å². The number of nitro groups is 1. The van der Waals surface area contributed by atoms with Gasteiger partial charge in [0, 0.05) is 49.8 Å². The van der Waals surface area contributed by atoms with Crippen LogP contribution < -0.4 is 5.32 Å². The molecule has 1 fully saturated rings. The van der Waals surface area contributed by atoms with E-state index in [0.717, 1.165) is 25.7 Å². The molecule has 0 radical (unpaired) electrons. The normalized spacial score (nSPS) is 18.4. The van der Waals surface area contributed by atoms with Gasteiger partial charge in [0.05, 0.1) is 4.92 Å². The van der Waals surface area contributed by atoms with Gasteiger partial charge >= 0.3 is 0 Å². The Morgan fingerprint density at radius 3 is 2.32 bits per heavy atom. The molecule has 4 atom stereocenters. The Labute approximate surface area is 220 Å². The van der Waals surface area contributed by atoms with Crippen LogP contribution in [0.1, 0.15) is 72.3 Å². The summed E-state index contributed by atoms with van der Waals surface area (Å²) in [6.45, 7) is 11.5. The summed E-state index contributed by atoms with van der Waals surface area (Å²) in [4.78, 5) is 53.3. The molecule has 37 heavy (non-hydrogen) atoms. The molecule has 1 saturated heterocycles. The Balaban J connectivity index is 2.03. The highest BCUT2D eigenvalue weighted by Gasteiger charge is 2.36. The number of non-ortho nitro benzene ring substituents is 1. The zero-order valence-corrected chi connectivity index (χ0v) is 22.8. The predicted octanol–water partition coefficient (Wildman–Crippen LogP) is 4.41. The molecule has 2 rings (SSSR count). The number of nitro benzene ring substituents is 1. The first-order valence-corrected chi connectivity index (χ1v) is 13.4. The summed E-state index contributed by atoms with van der Waals surface area (Å²) in [5, 5.41) is 13.7. The summed E-state index contributed by atoms with van der Waals surface area (Å²) in [6.07, 6.45) is 7.43. The zero-order valence-electron chi connectivity index (χ0n) is 22.8. The SMILES string of the molecule is CCCC[C@H](CC)C(=O)N1CCN(C(=O)[C@H](NC(=O)/C=C/c2ccc([N+](=O)[O-])cc2)[C@@H](C)CC)C[C@H]1C. The molecule has 0 bridgehead atoms. The average molecular weight is 515 g/mol. The lowest BCUT2D eigenvalue weighted by molar-refractivity contribution is -0.384. The van der Waals surface area contributed by atoms with Gasteiger partial charge in [-0.05, 0) is 49.5 Å². The number of amides is 3. The number of unbranched alkanes of at least 4 members (excludes halogenated alkanes) is 1. The first-order chi connectivity index (χ1) is 17.6. The van der Waals surface area contributed by atoms with Crippen LogP contribution in [0, 0.1) is 22.0 Å². The van der Waals surface area contributed by atoms with Crippen molar-refractivity contribution in [2.24, 2.45) is 11.8 Å². The Morgan fingerprint density at radius 2 is 1.78 bits per heavy atom. The first-order valence-electron chi connectivity index (χ1n) is 13.4. The lowest BCUT2D eigenvalue weighted by atomic mass is 9.95. The van der Waals surface area contributed by atoms with Gasteiger partial charge in [-0.2, -0.15) is 0 Å². The van der Waals surface area contributed by atoms with Crippen LogP contribution in [0.15, 0.2) is 30.3 Å². The number of nitrogens with one attached hydrogen (secondary N) is 1. The summed E-state index contributed by atoms with van der Waals surface area (Å²) in [6, 6.07) is 5.11. The maximum atomic E-state index is 13.5. The van der Waals surface area contributed by atoms with Gasteiger partial charge in [0.15, 0.2) is 0 Å². The second kappa shape index (κ2) is 14.5. The molecular formula is C28H42N4O5. The zero-order chi connectivity index (χ0) is 27.5. The summed E-state index contributed by atoms with van der Waals surface area (Å²) >= 11 is 0. The van der Waals surface area contributed by atoms with E-state index in [1.54, 1.807) is 23.1 Å². The molecule has 1 aliphatic rings. The smallest absolute Gasteiger partial charge is 0.269 e. The van der Waals surface area contributed by atoms with Crippen molar-refractivity contribution in [2.45, 2.75) is 78.8 Å². The minimum absolute atomic E-state index is 0.0220. The van der Waals surface area contributed by atoms with Crippen LogP contribution in [0.25, 0.3) is 6.08 Å². The Bertz CT molecular complexity index is 962. The topological polar surface area (TPSA) is 113 Å². The van der Waals surface area contributed by atoms with E-state index in [2.05, 4.69) is 19.2 Å². The van der Waals surface area contributed by atoms with E-state index in [4.69, 9.17) is 0 Å². The van der Waals surface area contributed by atoms with Crippen molar-refractivity contribution in [2.75, 3.05) is 19.6 Å². The number of carbonyl (C=O) groups is 3. The van der Waals surface area contributed by atoms with Crippen LogP contribution >= 0.6 is 0 Å². The van der Waals surface area contributed by atoms with Crippen LogP contribution in [0.3, 0.4) is 0 Å². The third-order valence-electron chi connectivity index (χ3n) is 7.28. The van der Waals surface area contributed by atoms with Crippen molar-refractivity contribution in [3.05, 3.63) is 46.0 Å². The fraction of sp³-hybridized carbons (Fsp3) is 0.607. The molecule has 9 nitrogen and oxygen atoms in total. The minimum Gasteiger partial charge on any atom is -0.340 e. The number of benzene rings is 1. The molecule has 1 heterocycles. The van der Waals surface area contributed by atoms with Crippen molar-refractivity contribution < 1.29 is 19.3 Å². The van der Waals surface area contributed by atoms with Gasteiger partial charge < -0.3 is 15.1 Å². The molecule has 0 saturated carbocycles. The second-order valence-corrected chi connectivity index (χ2v) is 9.97. The number of piperazine rings is 1. The van der Waals surface area contributed by atoms with Crippen LogP contribution in [0.4, 0.5) is 5.69 Å². The molecule has 0 aromatic heterocycles. The summed E-state index contributed by atoms with van der Waals surface area (Å²) in [5.74, 6) is -0.403. The van der Waals surface area contributed by atoms with E-state index in [-0.39, 0.29) is 35.4 Å². The lowest BCUT2D eigenvalue weighted by Crippen LogP contribution is -2.60. The van der Waals surface area contributed by atoms with E-state index in [1.807, 2.05) is 25.7 Å². The summed E-state index contributed by atoms with van der Waals surface area (Å²) < 4.78 is 0. The molecular weight excluding hydrogens is 472 g/mol. The standard InChI is InChI=1S/C28H42N4O5/c1-6-9-10-23(8-3)27(34)31-18-17-30(19-21(31)5)28(35)26(20(4)7-2)29-25(33)16-13-22-11-14-24(15-12-22)32(36)37/h11-16,20-21,23,26H,6-10,17-19H2,1-5H3,(H,29,33)/b16-13+/t20-,21+,23-,26+/m0/s1. The molecule has 0 aliphatic carbocycles. The summed E-state index contributed by atoms with van der Waals surface area (Å²) in [7, 11) is 0.